The fourth-order valence-corrected chi connectivity index (χ4v) is 2.11. The Hall–Kier alpha value is -1.65. The molecule has 2 aromatic carbocycles. The molecule has 3 nitrogen and oxygen atoms in total. The second-order valence-corrected chi connectivity index (χ2v) is 4.94. The van der Waals surface area contributed by atoms with E-state index in [1.807, 2.05) is 28.7 Å². The van der Waals surface area contributed by atoms with Crippen LogP contribution in [0, 0.1) is 20.7 Å². The lowest BCUT2D eigenvalue weighted by molar-refractivity contribution is 0.281. The Morgan fingerprint density at radius 2 is 2.05 bits per heavy atom. The molecule has 5 heteroatoms. The molecular weight excluding hydrogens is 360 g/mol. The van der Waals surface area contributed by atoms with Crippen LogP contribution in [0.1, 0.15) is 11.1 Å². The Kier molecular flexibility index (Phi) is 4.35. The zero-order valence-electron chi connectivity index (χ0n) is 9.73. The number of nitriles is 1. The molecule has 0 atom stereocenters. The van der Waals surface area contributed by atoms with Crippen LogP contribution in [0.25, 0.3) is 0 Å². The molecule has 0 aliphatic rings. The topological polar surface area (TPSA) is 53.2 Å². The predicted octanol–water partition coefficient (Wildman–Crippen LogP) is 3.59. The molecule has 0 aliphatic carbocycles. The summed E-state index contributed by atoms with van der Waals surface area (Å²) < 4.78 is 19.8. The smallest absolute Gasteiger partial charge is 0.166 e. The first kappa shape index (κ1) is 13.8. The van der Waals surface area contributed by atoms with Crippen molar-refractivity contribution in [1.29, 1.82) is 5.26 Å². The number of hydrogen-bond donors (Lipinski definition) is 1. The van der Waals surface area contributed by atoms with Crippen LogP contribution < -0.4 is 4.74 Å². The van der Waals surface area contributed by atoms with Crippen molar-refractivity contribution < 1.29 is 14.2 Å². The zero-order valence-corrected chi connectivity index (χ0v) is 11.9. The second-order valence-electron chi connectivity index (χ2n) is 3.78. The van der Waals surface area contributed by atoms with Crippen molar-refractivity contribution in [3.05, 3.63) is 56.9 Å². The quantitative estimate of drug-likeness (QED) is 0.842. The Bertz CT molecular complexity index is 652. The van der Waals surface area contributed by atoms with Crippen molar-refractivity contribution in [2.24, 2.45) is 0 Å². The number of aliphatic hydroxyl groups excluding tert-OH is 1. The van der Waals surface area contributed by atoms with Gasteiger partial charge >= 0.3 is 0 Å². The van der Waals surface area contributed by atoms with E-state index in [1.54, 1.807) is 24.3 Å². The number of rotatable bonds is 3. The third kappa shape index (κ3) is 3.22. The maximum atomic E-state index is 13.7. The van der Waals surface area contributed by atoms with E-state index in [1.165, 1.54) is 12.1 Å². The first-order chi connectivity index (χ1) is 9.13. The van der Waals surface area contributed by atoms with Gasteiger partial charge in [-0.2, -0.15) is 5.26 Å². The maximum Gasteiger partial charge on any atom is 0.166 e. The number of hydrogen-bond acceptors (Lipinski definition) is 3. The molecule has 0 aromatic heterocycles. The number of halogens is 2. The van der Waals surface area contributed by atoms with Crippen molar-refractivity contribution >= 4 is 22.6 Å². The molecule has 0 spiro atoms. The molecule has 2 rings (SSSR count). The zero-order chi connectivity index (χ0) is 13.8. The van der Waals surface area contributed by atoms with Gasteiger partial charge in [-0.3, -0.25) is 0 Å². The normalized spacial score (nSPS) is 10.0. The molecule has 0 bridgehead atoms. The third-order valence-electron chi connectivity index (χ3n) is 2.47. The molecule has 2 aromatic rings. The van der Waals surface area contributed by atoms with Gasteiger partial charge in [-0.1, -0.05) is 6.07 Å². The summed E-state index contributed by atoms with van der Waals surface area (Å²) in [5.41, 5.74) is 1.03. The van der Waals surface area contributed by atoms with Crippen LogP contribution in [0.4, 0.5) is 4.39 Å². The largest absolute Gasteiger partial charge is 0.454 e. The molecule has 0 aliphatic heterocycles. The summed E-state index contributed by atoms with van der Waals surface area (Å²) in [6, 6.07) is 11.2. The van der Waals surface area contributed by atoms with E-state index in [2.05, 4.69) is 0 Å². The van der Waals surface area contributed by atoms with E-state index in [-0.39, 0.29) is 12.4 Å². The van der Waals surface area contributed by atoms with E-state index >= 15 is 0 Å². The minimum absolute atomic E-state index is 0.0812. The second kappa shape index (κ2) is 5.99. The van der Waals surface area contributed by atoms with Gasteiger partial charge in [0.25, 0.3) is 0 Å². The molecule has 0 amide bonds. The maximum absolute atomic E-state index is 13.7. The molecule has 0 saturated heterocycles. The summed E-state index contributed by atoms with van der Waals surface area (Å²) in [6.45, 7) is -0.216. The van der Waals surface area contributed by atoms with E-state index in [0.29, 0.717) is 16.9 Å². The van der Waals surface area contributed by atoms with Crippen molar-refractivity contribution in [2.75, 3.05) is 0 Å². The fourth-order valence-electron chi connectivity index (χ4n) is 1.50. The monoisotopic (exact) mass is 369 g/mol. The average molecular weight is 369 g/mol. The fraction of sp³-hybridized carbons (Fsp3) is 0.0714. The number of ether oxygens (including phenoxy) is 1. The molecule has 96 valence electrons. The summed E-state index contributed by atoms with van der Waals surface area (Å²) in [5.74, 6) is 0.00248. The standard InChI is InChI=1S/C14H9FINO2/c15-12-5-9(8-18)1-4-14(12)19-11-3-2-10(7-17)13(16)6-11/h1-6,18H,8H2. The molecule has 1 N–H and O–H groups in total. The first-order valence-electron chi connectivity index (χ1n) is 5.41. The molecule has 0 heterocycles. The predicted molar refractivity (Wildman–Crippen MR) is 76.3 cm³/mol. The van der Waals surface area contributed by atoms with Crippen molar-refractivity contribution in [1.82, 2.24) is 0 Å². The van der Waals surface area contributed by atoms with Gasteiger partial charge in [-0.15, -0.1) is 0 Å². The van der Waals surface area contributed by atoms with E-state index in [9.17, 15) is 4.39 Å². The summed E-state index contributed by atoms with van der Waals surface area (Å²) in [5, 5.41) is 17.7. The highest BCUT2D eigenvalue weighted by Gasteiger charge is 2.07. The van der Waals surface area contributed by atoms with Gasteiger partial charge < -0.3 is 9.84 Å². The molecular formula is C14H9FINO2. The summed E-state index contributed by atoms with van der Waals surface area (Å²) in [7, 11) is 0. The lowest BCUT2D eigenvalue weighted by Crippen LogP contribution is -1.92. The Morgan fingerprint density at radius 3 is 2.63 bits per heavy atom. The number of nitrogens with zero attached hydrogens (tertiary/aromatic N) is 1. The lowest BCUT2D eigenvalue weighted by Gasteiger charge is -2.08. The van der Waals surface area contributed by atoms with Gasteiger partial charge in [0.05, 0.1) is 12.2 Å². The molecule has 0 fully saturated rings. The molecule has 0 unspecified atom stereocenters. The number of benzene rings is 2. The van der Waals surface area contributed by atoms with Gasteiger partial charge in [-0.05, 0) is 58.5 Å². The first-order valence-corrected chi connectivity index (χ1v) is 6.48. The Labute approximate surface area is 123 Å². The van der Waals surface area contributed by atoms with Gasteiger partial charge in [0.2, 0.25) is 0 Å². The molecule has 0 saturated carbocycles. The van der Waals surface area contributed by atoms with Crippen molar-refractivity contribution in [3.8, 4) is 17.6 Å². The minimum Gasteiger partial charge on any atom is -0.454 e. The van der Waals surface area contributed by atoms with E-state index in [4.69, 9.17) is 15.1 Å². The molecule has 19 heavy (non-hydrogen) atoms. The Balaban J connectivity index is 2.26. The van der Waals surface area contributed by atoms with Crippen LogP contribution >= 0.6 is 22.6 Å². The number of aliphatic hydroxyl groups is 1. The van der Waals surface area contributed by atoms with Crippen molar-refractivity contribution in [2.45, 2.75) is 6.61 Å². The van der Waals surface area contributed by atoms with Gasteiger partial charge in [0.1, 0.15) is 11.8 Å². The highest BCUT2D eigenvalue weighted by atomic mass is 127. The SMILES string of the molecule is N#Cc1ccc(Oc2ccc(CO)cc2F)cc1I. The van der Waals surface area contributed by atoms with Crippen LogP contribution in [0.2, 0.25) is 0 Å². The highest BCUT2D eigenvalue weighted by molar-refractivity contribution is 14.1. The van der Waals surface area contributed by atoms with Crippen LogP contribution in [0.3, 0.4) is 0 Å². The minimum atomic E-state index is -0.536. The van der Waals surface area contributed by atoms with E-state index < -0.39 is 5.82 Å². The van der Waals surface area contributed by atoms with E-state index in [0.717, 1.165) is 3.57 Å². The van der Waals surface area contributed by atoms with Crippen LogP contribution in [-0.2, 0) is 6.61 Å². The van der Waals surface area contributed by atoms with Crippen LogP contribution in [0.15, 0.2) is 36.4 Å². The Morgan fingerprint density at radius 1 is 1.26 bits per heavy atom. The van der Waals surface area contributed by atoms with Crippen LogP contribution in [-0.4, -0.2) is 5.11 Å². The van der Waals surface area contributed by atoms with Crippen LogP contribution in [0.5, 0.6) is 11.5 Å². The summed E-state index contributed by atoms with van der Waals surface area (Å²) >= 11 is 2.02. The van der Waals surface area contributed by atoms with Gasteiger partial charge in [0.15, 0.2) is 11.6 Å². The van der Waals surface area contributed by atoms with Gasteiger partial charge in [0, 0.05) is 3.57 Å². The average Bonchev–Trinajstić information content (AvgIpc) is 2.41. The highest BCUT2D eigenvalue weighted by Crippen LogP contribution is 2.27. The van der Waals surface area contributed by atoms with Gasteiger partial charge in [-0.25, -0.2) is 4.39 Å². The molecule has 0 radical (unpaired) electrons. The van der Waals surface area contributed by atoms with Crippen molar-refractivity contribution in [3.63, 3.8) is 0 Å². The third-order valence-corrected chi connectivity index (χ3v) is 3.36. The summed E-state index contributed by atoms with van der Waals surface area (Å²) in [6.07, 6.45) is 0. The lowest BCUT2D eigenvalue weighted by atomic mass is 10.2. The summed E-state index contributed by atoms with van der Waals surface area (Å²) in [4.78, 5) is 0.